The van der Waals surface area contributed by atoms with E-state index < -0.39 is 0 Å². The molecule has 0 saturated heterocycles. The minimum Gasteiger partial charge on any atom is -0.361 e. The summed E-state index contributed by atoms with van der Waals surface area (Å²) in [5, 5.41) is 13.8. The summed E-state index contributed by atoms with van der Waals surface area (Å²) < 4.78 is 0. The number of amides is 1. The van der Waals surface area contributed by atoms with E-state index in [1.54, 1.807) is 0 Å². The van der Waals surface area contributed by atoms with Gasteiger partial charge in [-0.3, -0.25) is 9.89 Å². The number of fused-ring (bicyclic) bond motifs is 1. The highest BCUT2D eigenvalue weighted by Gasteiger charge is 2.24. The Morgan fingerprint density at radius 3 is 2.54 bits per heavy atom. The number of benzene rings is 3. The molecule has 0 fully saturated rings. The van der Waals surface area contributed by atoms with Gasteiger partial charge in [0.1, 0.15) is 0 Å². The first-order valence-corrected chi connectivity index (χ1v) is 11.3. The molecule has 1 amide bonds. The first kappa shape index (κ1) is 20.7. The minimum atomic E-state index is -0.105. The second kappa shape index (κ2) is 8.46. The van der Waals surface area contributed by atoms with Crippen molar-refractivity contribution in [1.82, 2.24) is 20.2 Å². The summed E-state index contributed by atoms with van der Waals surface area (Å²) in [5.74, 6) is 1.25. The lowest BCUT2D eigenvalue weighted by Crippen LogP contribution is -2.03. The van der Waals surface area contributed by atoms with Gasteiger partial charge in [-0.05, 0) is 48.9 Å². The highest BCUT2D eigenvalue weighted by atomic mass is 16.2. The maximum absolute atomic E-state index is 12.6. The van der Waals surface area contributed by atoms with Crippen LogP contribution in [0.3, 0.4) is 0 Å². The third kappa shape index (κ3) is 4.00. The predicted molar refractivity (Wildman–Crippen MR) is 139 cm³/mol. The van der Waals surface area contributed by atoms with Crippen molar-refractivity contribution < 1.29 is 4.79 Å². The molecule has 0 saturated carbocycles. The van der Waals surface area contributed by atoms with Gasteiger partial charge in [0.15, 0.2) is 11.6 Å². The smallest absolute Gasteiger partial charge is 0.256 e. The maximum atomic E-state index is 12.6. The molecule has 6 rings (SSSR count). The lowest BCUT2D eigenvalue weighted by molar-refractivity contribution is -0.110. The third-order valence-electron chi connectivity index (χ3n) is 6.03. The SMILES string of the molecule is Cc1cc[nH]c1/C=C1\C(=O)Nc2cc(Nc3cccc(-c4n[nH]c(-c5ccccc5)n4)c3)ccc21. The molecule has 0 aliphatic carbocycles. The van der Waals surface area contributed by atoms with Gasteiger partial charge in [-0.15, -0.1) is 0 Å². The van der Waals surface area contributed by atoms with E-state index in [2.05, 4.69) is 30.8 Å². The van der Waals surface area contributed by atoms with Crippen molar-refractivity contribution in [1.29, 1.82) is 0 Å². The molecule has 35 heavy (non-hydrogen) atoms. The molecule has 0 bridgehead atoms. The van der Waals surface area contributed by atoms with E-state index in [9.17, 15) is 4.79 Å². The van der Waals surface area contributed by atoms with Crippen molar-refractivity contribution in [3.63, 3.8) is 0 Å². The molecule has 7 nitrogen and oxygen atoms in total. The Kier molecular flexibility index (Phi) is 5.00. The van der Waals surface area contributed by atoms with Gasteiger partial charge in [-0.1, -0.05) is 48.5 Å². The summed E-state index contributed by atoms with van der Waals surface area (Å²) in [6.07, 6.45) is 3.77. The van der Waals surface area contributed by atoms with Gasteiger partial charge in [-0.25, -0.2) is 4.98 Å². The normalized spacial score (nSPS) is 13.6. The molecule has 170 valence electrons. The summed E-state index contributed by atoms with van der Waals surface area (Å²) in [5.41, 5.74) is 8.01. The fourth-order valence-corrected chi connectivity index (χ4v) is 4.19. The van der Waals surface area contributed by atoms with Gasteiger partial charge >= 0.3 is 0 Å². The molecule has 0 radical (unpaired) electrons. The van der Waals surface area contributed by atoms with E-state index in [4.69, 9.17) is 0 Å². The van der Waals surface area contributed by atoms with Gasteiger partial charge in [0.05, 0.1) is 11.3 Å². The van der Waals surface area contributed by atoms with Crippen molar-refractivity contribution in [3.8, 4) is 22.8 Å². The van der Waals surface area contributed by atoms with Crippen LogP contribution in [0.1, 0.15) is 16.8 Å². The largest absolute Gasteiger partial charge is 0.361 e. The first-order valence-electron chi connectivity index (χ1n) is 11.3. The van der Waals surface area contributed by atoms with Crippen LogP contribution in [-0.4, -0.2) is 26.1 Å². The molecule has 0 unspecified atom stereocenters. The Labute approximate surface area is 202 Å². The summed E-state index contributed by atoms with van der Waals surface area (Å²) >= 11 is 0. The number of anilines is 3. The van der Waals surface area contributed by atoms with Crippen LogP contribution in [0, 0.1) is 6.92 Å². The summed E-state index contributed by atoms with van der Waals surface area (Å²) in [6.45, 7) is 2.01. The molecule has 0 atom stereocenters. The molecule has 1 aliphatic heterocycles. The van der Waals surface area contributed by atoms with E-state index in [0.29, 0.717) is 11.4 Å². The Morgan fingerprint density at radius 2 is 1.71 bits per heavy atom. The third-order valence-corrected chi connectivity index (χ3v) is 6.03. The van der Waals surface area contributed by atoms with Crippen molar-refractivity contribution in [2.75, 3.05) is 10.6 Å². The highest BCUT2D eigenvalue weighted by molar-refractivity contribution is 6.35. The van der Waals surface area contributed by atoms with Gasteiger partial charge < -0.3 is 15.6 Å². The van der Waals surface area contributed by atoms with E-state index in [1.165, 1.54) is 0 Å². The van der Waals surface area contributed by atoms with Crippen LogP contribution in [0.2, 0.25) is 0 Å². The van der Waals surface area contributed by atoms with E-state index in [1.807, 2.05) is 98.1 Å². The standard InChI is InChI=1S/C28H22N6O/c1-17-12-13-29-24(17)16-23-22-11-10-21(15-25(22)31-28(23)35)30-20-9-5-8-19(14-20)27-32-26(33-34-27)18-6-3-2-4-7-18/h2-16,29-30H,1H3,(H,31,35)(H,32,33,34)/b23-16-. The zero-order valence-corrected chi connectivity index (χ0v) is 19.0. The number of rotatable bonds is 5. The number of nitrogens with one attached hydrogen (secondary N) is 4. The molecule has 7 heteroatoms. The van der Waals surface area contributed by atoms with E-state index >= 15 is 0 Å². The van der Waals surface area contributed by atoms with Crippen LogP contribution in [0.4, 0.5) is 17.1 Å². The number of carbonyl (C=O) groups is 1. The first-order chi connectivity index (χ1) is 17.1. The lowest BCUT2D eigenvalue weighted by atomic mass is 10.0. The number of hydrogen-bond acceptors (Lipinski definition) is 4. The Morgan fingerprint density at radius 1 is 0.886 bits per heavy atom. The zero-order valence-electron chi connectivity index (χ0n) is 19.0. The molecule has 1 aliphatic rings. The number of H-pyrrole nitrogens is 2. The summed E-state index contributed by atoms with van der Waals surface area (Å²) in [6, 6.07) is 25.7. The second-order valence-corrected chi connectivity index (χ2v) is 8.43. The van der Waals surface area contributed by atoms with Crippen LogP contribution in [0.25, 0.3) is 34.4 Å². The van der Waals surface area contributed by atoms with Crippen molar-refractivity contribution in [3.05, 3.63) is 102 Å². The van der Waals surface area contributed by atoms with Crippen molar-refractivity contribution >= 4 is 34.6 Å². The zero-order chi connectivity index (χ0) is 23.8. The van der Waals surface area contributed by atoms with Crippen LogP contribution < -0.4 is 10.6 Å². The quantitative estimate of drug-likeness (QED) is 0.242. The predicted octanol–water partition coefficient (Wildman–Crippen LogP) is 6.01. The Hall–Kier alpha value is -4.91. The number of carbonyl (C=O) groups excluding carboxylic acids is 1. The average Bonchev–Trinajstić information content (AvgIpc) is 3.60. The molecule has 0 spiro atoms. The van der Waals surface area contributed by atoms with Gasteiger partial charge in [0.2, 0.25) is 0 Å². The van der Waals surface area contributed by atoms with Gasteiger partial charge in [0, 0.05) is 40.0 Å². The Balaban J connectivity index is 1.24. The monoisotopic (exact) mass is 458 g/mol. The minimum absolute atomic E-state index is 0.105. The van der Waals surface area contributed by atoms with Gasteiger partial charge in [-0.2, -0.15) is 5.10 Å². The van der Waals surface area contributed by atoms with Crippen LogP contribution in [-0.2, 0) is 4.79 Å². The number of nitrogens with zero attached hydrogens (tertiary/aromatic N) is 2. The molecule has 5 aromatic rings. The molecule has 2 aromatic heterocycles. The van der Waals surface area contributed by atoms with E-state index in [-0.39, 0.29) is 5.91 Å². The van der Waals surface area contributed by atoms with Crippen LogP contribution in [0.5, 0.6) is 0 Å². The van der Waals surface area contributed by atoms with Crippen LogP contribution in [0.15, 0.2) is 85.1 Å². The number of aromatic amines is 2. The van der Waals surface area contributed by atoms with Gasteiger partial charge in [0.25, 0.3) is 5.91 Å². The topological polar surface area (TPSA) is 98.5 Å². The number of aryl methyl sites for hydroxylation is 1. The summed E-state index contributed by atoms with van der Waals surface area (Å²) in [7, 11) is 0. The molecular weight excluding hydrogens is 436 g/mol. The van der Waals surface area contributed by atoms with Crippen LogP contribution >= 0.6 is 0 Å². The molecular formula is C28H22N6O. The van der Waals surface area contributed by atoms with E-state index in [0.717, 1.165) is 50.8 Å². The summed E-state index contributed by atoms with van der Waals surface area (Å²) in [4.78, 5) is 20.4. The fraction of sp³-hybridized carbons (Fsp3) is 0.0357. The van der Waals surface area contributed by atoms with Crippen molar-refractivity contribution in [2.24, 2.45) is 0 Å². The Bertz CT molecular complexity index is 1580. The molecule has 4 N–H and O–H groups in total. The fourth-order valence-electron chi connectivity index (χ4n) is 4.19. The maximum Gasteiger partial charge on any atom is 0.256 e. The molecule has 3 aromatic carbocycles. The number of hydrogen-bond donors (Lipinski definition) is 4. The number of aromatic nitrogens is 4. The van der Waals surface area contributed by atoms with Crippen molar-refractivity contribution in [2.45, 2.75) is 6.92 Å². The second-order valence-electron chi connectivity index (χ2n) is 8.43. The highest BCUT2D eigenvalue weighted by Crippen LogP contribution is 2.36. The molecule has 3 heterocycles. The average molecular weight is 459 g/mol. The lowest BCUT2D eigenvalue weighted by Gasteiger charge is -2.09.